The van der Waals surface area contributed by atoms with Crippen molar-refractivity contribution in [2.75, 3.05) is 113 Å². The van der Waals surface area contributed by atoms with Gasteiger partial charge in [-0.15, -0.1) is 28.0 Å². The van der Waals surface area contributed by atoms with Crippen LogP contribution < -0.4 is 15.9 Å². The van der Waals surface area contributed by atoms with Crippen molar-refractivity contribution in [1.29, 1.82) is 0 Å². The number of halogens is 20. The molecule has 7 fully saturated rings. The maximum Gasteiger partial charge on any atom is 0.515 e. The first-order valence-corrected chi connectivity index (χ1v) is 46.7. The van der Waals surface area contributed by atoms with E-state index in [0.717, 1.165) is 74.8 Å². The molecule has 106 heavy (non-hydrogen) atoms. The summed E-state index contributed by atoms with van der Waals surface area (Å²) < 4.78 is 163. The molecule has 54 heteroatoms. The number of nitrogens with zero attached hydrogens (tertiary/aromatic N) is 16. The Kier molecular flexibility index (Phi) is 29.1. The number of hydrogen-bond acceptors (Lipinski definition) is 22. The minimum atomic E-state index is -10.7. The number of rotatable bonds is 13. The first kappa shape index (κ1) is 91.1. The predicted octanol–water partition coefficient (Wildman–Crippen LogP) is 18.8. The Labute approximate surface area is 638 Å². The number of likely N-dealkylation sites (N-methyl/N-ethyl adjacent to an activating group) is 2. The third kappa shape index (κ3) is 26.4. The SMILES string of the molecule is CN1CCN(C)[P+]1(N1CCCC1)n1cnc([N+](=O)[O-])n1.CP(Cl)(c1ccccc1)(c1ccccc1)c1ccccc1.F[P-](F)(F)(F)(F)F.F[P-](F)(F)(F)(F)F.O=C(OC(Cl)(Cl)Cl)OC(Cl)(Cl)Cl.O=C1OCCN1P(=O)(Cl)N1CCOC1=O.O=[N+]([O-])c1ncn([P+](N2CCCC2)(N2CCCC2)N2CCCC2)n1. The van der Waals surface area contributed by atoms with Crippen molar-refractivity contribution in [3.05, 3.63) is 124 Å². The van der Waals surface area contributed by atoms with Gasteiger partial charge in [-0.3, -0.25) is 4.57 Å². The molecule has 2 aromatic heterocycles. The molecule has 0 N–H and O–H groups in total. The Morgan fingerprint density at radius 2 is 0.849 bits per heavy atom. The summed E-state index contributed by atoms with van der Waals surface area (Å²) in [4.78, 5) is 61.7. The molecule has 0 unspecified atom stereocenters. The molecular weight excluding hydrogens is 1740 g/mol. The molecule has 7 saturated heterocycles. The molecule has 28 nitrogen and oxygen atoms in total. The van der Waals surface area contributed by atoms with Crippen LogP contribution in [-0.4, -0.2) is 215 Å². The van der Waals surface area contributed by atoms with Gasteiger partial charge in [0.1, 0.15) is 13.2 Å². The Morgan fingerprint density at radius 1 is 0.547 bits per heavy atom. The molecule has 0 atom stereocenters. The van der Waals surface area contributed by atoms with Crippen LogP contribution in [0.4, 0.5) is 76.6 Å². The second-order valence-electron chi connectivity index (χ2n) is 23.6. The molecule has 0 spiro atoms. The minimum Gasteiger partial charge on any atom is -0.447 e. The fraction of sp³-hybridized carbons (Fsp3) is 0.519. The summed E-state index contributed by atoms with van der Waals surface area (Å²) in [6.45, 7) is 9.18. The number of carbonyl (C=O) groups excluding carboxylic acids is 3. The zero-order valence-electron chi connectivity index (χ0n) is 55.7. The van der Waals surface area contributed by atoms with E-state index < -0.39 is 80.2 Å². The van der Waals surface area contributed by atoms with E-state index in [9.17, 15) is 89.5 Å². The second-order valence-corrected chi connectivity index (χ2v) is 48.5. The summed E-state index contributed by atoms with van der Waals surface area (Å²) in [5, 5.41) is 34.1. The van der Waals surface area contributed by atoms with Gasteiger partial charge in [0.2, 0.25) is 0 Å². The van der Waals surface area contributed by atoms with Gasteiger partial charge in [0.25, 0.3) is 12.7 Å². The van der Waals surface area contributed by atoms with E-state index in [1.165, 1.54) is 73.6 Å². The van der Waals surface area contributed by atoms with E-state index in [0.29, 0.717) is 0 Å². The minimum absolute atomic E-state index is 0.114. The number of amides is 2. The molecule has 7 aliphatic heterocycles. The zero-order chi connectivity index (χ0) is 79.5. The van der Waals surface area contributed by atoms with Crippen molar-refractivity contribution in [1.82, 2.24) is 66.4 Å². The largest absolute Gasteiger partial charge is 0.515 e. The van der Waals surface area contributed by atoms with Crippen molar-refractivity contribution in [3.63, 3.8) is 0 Å². The normalized spacial score (nSPS) is 20.3. The number of carbonyl (C=O) groups is 3. The number of cyclic esters (lactones) is 2. The van der Waals surface area contributed by atoms with E-state index in [1.807, 2.05) is 22.7 Å². The van der Waals surface area contributed by atoms with Gasteiger partial charge >= 0.3 is 257 Å². The van der Waals surface area contributed by atoms with Crippen LogP contribution in [-0.2, 0) is 23.5 Å². The fourth-order valence-corrected chi connectivity index (χ4v) is 27.8. The van der Waals surface area contributed by atoms with Crippen molar-refractivity contribution >= 4 is 182 Å². The molecule has 0 radical (unpaired) electrons. The van der Waals surface area contributed by atoms with Crippen LogP contribution in [0.15, 0.2) is 104 Å². The summed E-state index contributed by atoms with van der Waals surface area (Å²) in [5.41, 5.74) is 0. The molecule has 9 heterocycles. The Morgan fingerprint density at radius 3 is 1.12 bits per heavy atom. The monoisotopic (exact) mass is 1800 g/mol. The van der Waals surface area contributed by atoms with Gasteiger partial charge in [0.15, 0.2) is 0 Å². The Hall–Kier alpha value is -3.83. The van der Waals surface area contributed by atoms with Crippen LogP contribution in [0, 0.1) is 20.2 Å². The average molecular weight is 1810 g/mol. The molecule has 0 bridgehead atoms. The van der Waals surface area contributed by atoms with Gasteiger partial charge < -0.3 is 39.2 Å². The van der Waals surface area contributed by atoms with Gasteiger partial charge in [-0.25, -0.2) is 23.7 Å². The van der Waals surface area contributed by atoms with E-state index in [1.54, 1.807) is 10.8 Å². The van der Waals surface area contributed by atoms with Gasteiger partial charge in [0.05, 0.1) is 36.4 Å². The van der Waals surface area contributed by atoms with Crippen LogP contribution in [0.3, 0.4) is 0 Å². The summed E-state index contributed by atoms with van der Waals surface area (Å²) in [6, 6.07) is 31.4. The average Bonchev–Trinajstić information content (AvgIpc) is 1.01. The third-order valence-electron chi connectivity index (χ3n) is 15.9. The van der Waals surface area contributed by atoms with Crippen LogP contribution >= 0.6 is 136 Å². The molecule has 3 aromatic carbocycles. The van der Waals surface area contributed by atoms with Crippen molar-refractivity contribution in [2.45, 2.75) is 59.3 Å². The van der Waals surface area contributed by atoms with Gasteiger partial charge in [-0.05, 0) is 152 Å². The van der Waals surface area contributed by atoms with E-state index in [2.05, 4.69) is 161 Å². The maximum absolute atomic E-state index is 12.1. The van der Waals surface area contributed by atoms with Crippen LogP contribution in [0.2, 0.25) is 0 Å². The smallest absolute Gasteiger partial charge is 0.447 e. The van der Waals surface area contributed by atoms with E-state index >= 15 is 0 Å². The number of ether oxygens (including phenoxy) is 4. The number of hydrogen-bond donors (Lipinski definition) is 0. The second kappa shape index (κ2) is 33.9. The number of benzene rings is 3. The molecule has 12 rings (SSSR count). The molecule has 2 amide bonds. The molecule has 7 aliphatic rings. The Bertz CT molecular complexity index is 3640. The molecule has 0 aliphatic carbocycles. The van der Waals surface area contributed by atoms with Crippen molar-refractivity contribution < 1.29 is 98.1 Å². The first-order valence-electron chi connectivity index (χ1n) is 31.1. The zero-order valence-corrected chi connectivity index (χ0v) is 67.1. The number of alkyl halides is 6. The van der Waals surface area contributed by atoms with Crippen molar-refractivity contribution in [2.24, 2.45) is 0 Å². The van der Waals surface area contributed by atoms with Gasteiger partial charge in [-0.1, -0.05) is 0 Å². The predicted molar refractivity (Wildman–Crippen MR) is 388 cm³/mol. The molecule has 0 saturated carbocycles. The topological polar surface area (TPSA) is 279 Å². The van der Waals surface area contributed by atoms with E-state index in [4.69, 9.17) is 92.1 Å². The van der Waals surface area contributed by atoms with Gasteiger partial charge in [-0.2, -0.15) is 0 Å². The molecule has 600 valence electrons. The molecule has 5 aromatic rings. The van der Waals surface area contributed by atoms with Crippen LogP contribution in [0.25, 0.3) is 0 Å². The summed E-state index contributed by atoms with van der Waals surface area (Å²) in [5.74, 6) is -3.51. The Balaban J connectivity index is 0.000000201. The third-order valence-corrected chi connectivity index (χ3v) is 34.1. The summed E-state index contributed by atoms with van der Waals surface area (Å²) in [7, 11) is -21.3. The fourth-order valence-electron chi connectivity index (χ4n) is 11.8. The number of nitro groups is 2. The van der Waals surface area contributed by atoms with Gasteiger partial charge in [0, 0.05) is 75.4 Å². The quantitative estimate of drug-likeness (QED) is 0.0201. The van der Waals surface area contributed by atoms with Crippen molar-refractivity contribution in [3.8, 4) is 0 Å². The van der Waals surface area contributed by atoms with Crippen LogP contribution in [0.1, 0.15) is 51.4 Å². The summed E-state index contributed by atoms with van der Waals surface area (Å²) >= 11 is 43.5. The maximum atomic E-state index is 12.1. The summed E-state index contributed by atoms with van der Waals surface area (Å²) in [6.07, 6.45) is 9.68. The standard InChI is InChI=1S/C19H18ClP.C14H25N7O2P.C10H19N7O2P.C6H8ClN2O5P.C3Cl6O3.2F6P/c1-21(20,17-11-5-2-6-12-17,18-13-7-3-8-14-18)19-15-9-4-10-16-19;22-21(23)14-15-13-20(16-14)24(17-7-1-2-8-17,18-9-3-4-10-18)19-11-5-6-12-19;1-13-7-8-14(2)20(13,15-5-3-4-6-15)16-9-11-10(12-16)17(18)19;7-15(12,8-1-3-13-5(8)10)9-2-4-14-6(9)11;4-2(5,6)11-1(10)12-3(7,8)9;2*1-7(2,3,4,5)6/h2-16H,1H3;13H,1-12H2;9H,3-8H2,1-2H3;1-4H2;;;/q;2*+1;;;2*-1. The van der Waals surface area contributed by atoms with Crippen LogP contribution in [0.5, 0.6) is 0 Å². The first-order chi connectivity index (χ1) is 48.4. The molecular formula is C52H70Cl8F12N16O12P6. The number of aromatic nitrogens is 6. The van der Waals surface area contributed by atoms with E-state index in [-0.39, 0.29) is 38.2 Å².